The lowest BCUT2D eigenvalue weighted by molar-refractivity contribution is -0.123. The topological polar surface area (TPSA) is 134 Å². The number of hydrogen-bond donors (Lipinski definition) is 4. The maximum absolute atomic E-state index is 13.1. The molecule has 0 aliphatic carbocycles. The Morgan fingerprint density at radius 1 is 1.19 bits per heavy atom. The van der Waals surface area contributed by atoms with Gasteiger partial charge in [0.2, 0.25) is 5.91 Å². The number of para-hydroxylation sites is 1. The van der Waals surface area contributed by atoms with Gasteiger partial charge in [-0.3, -0.25) is 14.2 Å². The number of carbonyl (C=O) groups excluding carboxylic acids is 2. The molecule has 2 heterocycles. The maximum Gasteiger partial charge on any atom is 0.350 e. The zero-order chi connectivity index (χ0) is 23.3. The Labute approximate surface area is 186 Å². The summed E-state index contributed by atoms with van der Waals surface area (Å²) in [7, 11) is -3.07. The number of fused-ring (bicyclic) bond motifs is 1. The lowest BCUT2D eigenvalue weighted by Gasteiger charge is -2.26. The van der Waals surface area contributed by atoms with Crippen molar-refractivity contribution in [2.45, 2.75) is 38.5 Å². The van der Waals surface area contributed by atoms with Crippen molar-refractivity contribution in [2.24, 2.45) is 5.92 Å². The molecule has 3 atom stereocenters. The molecular formula is C22H28N3O6P. The third kappa shape index (κ3) is 5.68. The van der Waals surface area contributed by atoms with E-state index in [1.165, 1.54) is 12.3 Å². The second-order valence-electron chi connectivity index (χ2n) is 7.97. The molecule has 32 heavy (non-hydrogen) atoms. The number of carbonyl (C=O) groups is 2. The summed E-state index contributed by atoms with van der Waals surface area (Å²) in [5, 5.41) is 6.16. The molecule has 0 fully saturated rings. The van der Waals surface area contributed by atoms with Gasteiger partial charge in [-0.2, -0.15) is 0 Å². The van der Waals surface area contributed by atoms with Crippen LogP contribution in [0, 0.1) is 5.92 Å². The van der Waals surface area contributed by atoms with E-state index in [0.717, 1.165) is 23.6 Å². The van der Waals surface area contributed by atoms with E-state index in [2.05, 4.69) is 15.6 Å². The average Bonchev–Trinajstić information content (AvgIpc) is 3.43. The monoisotopic (exact) mass is 461 g/mol. The third-order valence-corrected chi connectivity index (χ3v) is 6.75. The summed E-state index contributed by atoms with van der Waals surface area (Å²) in [5.74, 6) is -2.16. The van der Waals surface area contributed by atoms with Gasteiger partial charge in [0.25, 0.3) is 5.91 Å². The minimum absolute atomic E-state index is 0.0674. The van der Waals surface area contributed by atoms with Gasteiger partial charge < -0.3 is 29.5 Å². The van der Waals surface area contributed by atoms with E-state index in [0.29, 0.717) is 6.42 Å². The van der Waals surface area contributed by atoms with Gasteiger partial charge in [0.05, 0.1) is 6.26 Å². The first-order valence-corrected chi connectivity index (χ1v) is 11.9. The molecule has 3 rings (SSSR count). The Bertz CT molecular complexity index is 1110. The zero-order valence-electron chi connectivity index (χ0n) is 18.2. The van der Waals surface area contributed by atoms with Gasteiger partial charge in [-0.25, -0.2) is 0 Å². The number of amides is 2. The third-order valence-electron chi connectivity index (χ3n) is 5.13. The smallest absolute Gasteiger partial charge is 0.350 e. The number of hydrogen-bond acceptors (Lipinski definition) is 5. The first-order valence-electron chi connectivity index (χ1n) is 10.3. The van der Waals surface area contributed by atoms with E-state index in [-0.39, 0.29) is 18.1 Å². The molecule has 0 aliphatic rings. The van der Waals surface area contributed by atoms with E-state index in [9.17, 15) is 19.0 Å². The molecule has 0 aliphatic heterocycles. The average molecular weight is 461 g/mol. The normalized spacial score (nSPS) is 15.3. The zero-order valence-corrected chi connectivity index (χ0v) is 19.1. The molecule has 9 nitrogen and oxygen atoms in total. The number of rotatable bonds is 10. The summed E-state index contributed by atoms with van der Waals surface area (Å²) >= 11 is 0. The second-order valence-corrected chi connectivity index (χ2v) is 10.1. The van der Waals surface area contributed by atoms with Crippen LogP contribution in [-0.2, 0) is 20.3 Å². The summed E-state index contributed by atoms with van der Waals surface area (Å²) in [4.78, 5) is 39.0. The predicted molar refractivity (Wildman–Crippen MR) is 120 cm³/mol. The predicted octanol–water partition coefficient (Wildman–Crippen LogP) is 3.42. The fraction of sp³-hybridized carbons (Fsp3) is 0.364. The minimum atomic E-state index is -4.19. The molecule has 3 aromatic rings. The van der Waals surface area contributed by atoms with Crippen molar-refractivity contribution in [3.05, 3.63) is 60.2 Å². The molecule has 4 N–H and O–H groups in total. The molecule has 0 saturated carbocycles. The van der Waals surface area contributed by atoms with Gasteiger partial charge in [-0.1, -0.05) is 32.0 Å². The summed E-state index contributed by atoms with van der Waals surface area (Å²) in [6, 6.07) is 9.67. The fourth-order valence-corrected chi connectivity index (χ4v) is 4.46. The molecule has 2 amide bonds. The highest BCUT2D eigenvalue weighted by atomic mass is 31.2. The van der Waals surface area contributed by atoms with Gasteiger partial charge in [0, 0.05) is 30.6 Å². The van der Waals surface area contributed by atoms with Crippen molar-refractivity contribution >= 4 is 30.3 Å². The molecular weight excluding hydrogens is 433 g/mol. The summed E-state index contributed by atoms with van der Waals surface area (Å²) in [5.41, 5.74) is 1.64. The first kappa shape index (κ1) is 23.8. The number of benzene rings is 1. The van der Waals surface area contributed by atoms with E-state index < -0.39 is 31.2 Å². The Balaban J connectivity index is 1.81. The van der Waals surface area contributed by atoms with Crippen molar-refractivity contribution in [3.8, 4) is 0 Å². The Morgan fingerprint density at radius 3 is 2.59 bits per heavy atom. The number of aromatic amines is 1. The van der Waals surface area contributed by atoms with E-state index in [1.807, 2.05) is 38.1 Å². The number of aromatic nitrogens is 1. The van der Waals surface area contributed by atoms with Crippen molar-refractivity contribution in [1.82, 2.24) is 15.6 Å². The Morgan fingerprint density at radius 2 is 1.94 bits per heavy atom. The van der Waals surface area contributed by atoms with Crippen LogP contribution < -0.4 is 10.6 Å². The highest BCUT2D eigenvalue weighted by molar-refractivity contribution is 7.53. The van der Waals surface area contributed by atoms with Crippen LogP contribution in [0.15, 0.2) is 53.3 Å². The lowest BCUT2D eigenvalue weighted by Crippen LogP contribution is -2.50. The number of H-pyrrole nitrogens is 1. The van der Waals surface area contributed by atoms with Crippen molar-refractivity contribution in [3.63, 3.8) is 0 Å². The molecule has 0 spiro atoms. The minimum Gasteiger partial charge on any atom is -0.459 e. The van der Waals surface area contributed by atoms with Gasteiger partial charge in [0.15, 0.2) is 5.76 Å². The SMILES string of the molecule is COP(=O)(O)[C@H](Cc1c[nH]c2ccccc12)NC(=O)[C@H](CC(C)C)NC(=O)c1ccco1. The van der Waals surface area contributed by atoms with E-state index in [4.69, 9.17) is 8.94 Å². The van der Waals surface area contributed by atoms with Crippen LogP contribution in [0.5, 0.6) is 0 Å². The lowest BCUT2D eigenvalue weighted by atomic mass is 10.0. The van der Waals surface area contributed by atoms with Crippen molar-refractivity contribution < 1.29 is 28.0 Å². The largest absolute Gasteiger partial charge is 0.459 e. The molecule has 0 bridgehead atoms. The second kappa shape index (κ2) is 10.2. The highest BCUT2D eigenvalue weighted by Crippen LogP contribution is 2.47. The van der Waals surface area contributed by atoms with Gasteiger partial charge >= 0.3 is 7.60 Å². The standard InChI is InChI=1S/C22H28N3O6P/c1-14(2)11-18(24-22(27)19-9-6-10-31-19)21(26)25-20(32(28,29)30-3)12-15-13-23-17-8-5-4-7-16(15)17/h4-10,13-14,18,20,23H,11-12H2,1-3H3,(H,24,27)(H,25,26)(H,28,29)/t18-,20+/m0/s1. The van der Waals surface area contributed by atoms with E-state index >= 15 is 0 Å². The summed E-state index contributed by atoms with van der Waals surface area (Å²) in [6.07, 6.45) is 3.51. The fourth-order valence-electron chi connectivity index (χ4n) is 3.49. The van der Waals surface area contributed by atoms with Crippen LogP contribution in [0.2, 0.25) is 0 Å². The van der Waals surface area contributed by atoms with Crippen LogP contribution >= 0.6 is 7.60 Å². The van der Waals surface area contributed by atoms with Crippen LogP contribution in [0.25, 0.3) is 10.9 Å². The van der Waals surface area contributed by atoms with Crippen LogP contribution in [0.3, 0.4) is 0 Å². The Kier molecular flexibility index (Phi) is 7.56. The van der Waals surface area contributed by atoms with Gasteiger partial charge in [-0.15, -0.1) is 0 Å². The Hall–Kier alpha value is -2.87. The highest BCUT2D eigenvalue weighted by Gasteiger charge is 2.36. The van der Waals surface area contributed by atoms with Crippen molar-refractivity contribution in [1.29, 1.82) is 0 Å². The first-order chi connectivity index (χ1) is 15.2. The molecule has 10 heteroatoms. The van der Waals surface area contributed by atoms with Crippen LogP contribution in [-0.4, -0.2) is 40.6 Å². The summed E-state index contributed by atoms with van der Waals surface area (Å²) in [6.45, 7) is 3.82. The number of nitrogens with one attached hydrogen (secondary N) is 3. The molecule has 2 aromatic heterocycles. The van der Waals surface area contributed by atoms with Crippen LogP contribution in [0.4, 0.5) is 0 Å². The van der Waals surface area contributed by atoms with Gasteiger partial charge in [0.1, 0.15) is 11.8 Å². The van der Waals surface area contributed by atoms with Crippen LogP contribution in [0.1, 0.15) is 36.4 Å². The summed E-state index contributed by atoms with van der Waals surface area (Å²) < 4.78 is 22.7. The maximum atomic E-state index is 13.1. The molecule has 1 aromatic carbocycles. The number of furan rings is 1. The van der Waals surface area contributed by atoms with Crippen molar-refractivity contribution in [2.75, 3.05) is 7.11 Å². The van der Waals surface area contributed by atoms with Gasteiger partial charge in [-0.05, 0) is 36.1 Å². The molecule has 172 valence electrons. The molecule has 0 radical (unpaired) electrons. The quantitative estimate of drug-likeness (QED) is 0.342. The molecule has 0 saturated heterocycles. The van der Waals surface area contributed by atoms with E-state index in [1.54, 1.807) is 12.3 Å². The molecule has 1 unspecified atom stereocenters.